The Labute approximate surface area is 123 Å². The van der Waals surface area contributed by atoms with Crippen molar-refractivity contribution in [2.45, 2.75) is 38.1 Å². The van der Waals surface area contributed by atoms with Crippen molar-refractivity contribution in [1.29, 1.82) is 0 Å². The molecule has 4 N–H and O–H groups in total. The average Bonchev–Trinajstić information content (AvgIpc) is 3.28. The van der Waals surface area contributed by atoms with E-state index in [9.17, 15) is 4.79 Å². The maximum atomic E-state index is 12.4. The summed E-state index contributed by atoms with van der Waals surface area (Å²) < 4.78 is 0. The number of carbonyl (C=O) groups excluding carboxylic acids is 1. The number of hydrogen-bond acceptors (Lipinski definition) is 3. The molecule has 1 aliphatic carbocycles. The number of nitrogens with two attached hydrogens (primary N) is 1. The minimum Gasteiger partial charge on any atom is -0.395 e. The number of H-pyrrole nitrogens is 1. The number of benzene rings is 1. The van der Waals surface area contributed by atoms with Crippen molar-refractivity contribution in [1.82, 2.24) is 15.5 Å². The lowest BCUT2D eigenvalue weighted by molar-refractivity contribution is 0.0931. The highest BCUT2D eigenvalue weighted by molar-refractivity contribution is 5.98. The van der Waals surface area contributed by atoms with Gasteiger partial charge in [-0.15, -0.1) is 0 Å². The number of anilines is 1. The quantitative estimate of drug-likeness (QED) is 0.789. The Morgan fingerprint density at radius 3 is 2.76 bits per heavy atom. The molecule has 1 unspecified atom stereocenters. The summed E-state index contributed by atoms with van der Waals surface area (Å²) in [6.45, 7) is 2.04. The number of aromatic nitrogens is 2. The van der Waals surface area contributed by atoms with E-state index in [0.29, 0.717) is 17.3 Å². The van der Waals surface area contributed by atoms with E-state index in [1.807, 2.05) is 37.3 Å². The summed E-state index contributed by atoms with van der Waals surface area (Å²) in [7, 11) is 0. The molecule has 1 saturated carbocycles. The molecule has 0 spiro atoms. The molecule has 5 heteroatoms. The number of hydrogen-bond donors (Lipinski definition) is 3. The van der Waals surface area contributed by atoms with E-state index in [-0.39, 0.29) is 11.9 Å². The molecule has 110 valence electrons. The average molecular weight is 284 g/mol. The first-order valence-electron chi connectivity index (χ1n) is 7.40. The molecular formula is C16H20N4O. The van der Waals surface area contributed by atoms with Crippen LogP contribution in [0.15, 0.2) is 30.3 Å². The normalized spacial score (nSPS) is 15.7. The molecule has 0 radical (unpaired) electrons. The minimum atomic E-state index is -0.216. The van der Waals surface area contributed by atoms with Gasteiger partial charge in [0.25, 0.3) is 5.91 Å². The molecule has 1 aromatic carbocycles. The summed E-state index contributed by atoms with van der Waals surface area (Å²) in [5, 5.41) is 10.0. The summed E-state index contributed by atoms with van der Waals surface area (Å²) in [6.07, 6.45) is 3.06. The Morgan fingerprint density at radius 2 is 2.14 bits per heavy atom. The van der Waals surface area contributed by atoms with Crippen LogP contribution in [0.1, 0.15) is 59.9 Å². The van der Waals surface area contributed by atoms with Gasteiger partial charge < -0.3 is 11.1 Å². The third-order valence-electron chi connectivity index (χ3n) is 3.95. The van der Waals surface area contributed by atoms with Crippen molar-refractivity contribution in [2.24, 2.45) is 0 Å². The Balaban J connectivity index is 1.76. The van der Waals surface area contributed by atoms with Gasteiger partial charge >= 0.3 is 0 Å². The molecule has 0 aliphatic heterocycles. The molecule has 0 saturated heterocycles. The van der Waals surface area contributed by atoms with Crippen LogP contribution in [0.3, 0.4) is 0 Å². The van der Waals surface area contributed by atoms with E-state index < -0.39 is 0 Å². The smallest absolute Gasteiger partial charge is 0.274 e. The highest BCUT2D eigenvalue weighted by Gasteiger charge is 2.30. The van der Waals surface area contributed by atoms with Crippen LogP contribution in [-0.4, -0.2) is 16.1 Å². The molecule has 0 bridgehead atoms. The van der Waals surface area contributed by atoms with Gasteiger partial charge in [0.15, 0.2) is 5.69 Å². The second kappa shape index (κ2) is 5.60. The molecule has 1 aliphatic rings. The van der Waals surface area contributed by atoms with Crippen LogP contribution in [0.25, 0.3) is 0 Å². The van der Waals surface area contributed by atoms with Crippen LogP contribution < -0.4 is 11.1 Å². The lowest BCUT2D eigenvalue weighted by Gasteiger charge is -2.16. The van der Waals surface area contributed by atoms with Gasteiger partial charge in [-0.05, 0) is 24.8 Å². The van der Waals surface area contributed by atoms with E-state index in [4.69, 9.17) is 5.73 Å². The number of nitrogens with zero attached hydrogens (tertiary/aromatic N) is 1. The number of carbonyl (C=O) groups is 1. The molecule has 1 aromatic heterocycles. The highest BCUT2D eigenvalue weighted by Crippen LogP contribution is 2.42. The Morgan fingerprint density at radius 1 is 1.43 bits per heavy atom. The van der Waals surface area contributed by atoms with Gasteiger partial charge in [-0.25, -0.2) is 0 Å². The molecule has 3 rings (SSSR count). The third kappa shape index (κ3) is 2.77. The van der Waals surface area contributed by atoms with Crippen molar-refractivity contribution < 1.29 is 4.79 Å². The van der Waals surface area contributed by atoms with Crippen LogP contribution in [-0.2, 0) is 0 Å². The molecular weight excluding hydrogens is 264 g/mol. The monoisotopic (exact) mass is 284 g/mol. The number of nitrogen functional groups attached to an aromatic ring is 1. The van der Waals surface area contributed by atoms with Gasteiger partial charge in [0.2, 0.25) is 0 Å². The zero-order valence-electron chi connectivity index (χ0n) is 12.1. The summed E-state index contributed by atoms with van der Waals surface area (Å²) >= 11 is 0. The standard InChI is InChI=1S/C16H20N4O/c1-2-12(10-6-4-3-5-7-10)18-16(21)15-13(17)14(19-20-15)11-8-9-11/h3-7,11-12H,2,8-9,17H2,1H3,(H,18,21)(H,19,20). The number of nitrogens with one attached hydrogen (secondary N) is 2. The topological polar surface area (TPSA) is 83.8 Å². The zero-order valence-corrected chi connectivity index (χ0v) is 12.1. The lowest BCUT2D eigenvalue weighted by atomic mass is 10.0. The van der Waals surface area contributed by atoms with Gasteiger partial charge in [-0.3, -0.25) is 9.89 Å². The van der Waals surface area contributed by atoms with Crippen LogP contribution in [0.4, 0.5) is 5.69 Å². The summed E-state index contributed by atoms with van der Waals surface area (Å²) in [4.78, 5) is 12.4. The highest BCUT2D eigenvalue weighted by atomic mass is 16.2. The maximum Gasteiger partial charge on any atom is 0.274 e. The van der Waals surface area contributed by atoms with Crippen molar-refractivity contribution in [3.05, 3.63) is 47.3 Å². The van der Waals surface area contributed by atoms with Crippen LogP contribution >= 0.6 is 0 Å². The second-order valence-corrected chi connectivity index (χ2v) is 5.52. The predicted molar refractivity (Wildman–Crippen MR) is 81.9 cm³/mol. The molecule has 1 fully saturated rings. The van der Waals surface area contributed by atoms with Gasteiger partial charge in [0, 0.05) is 5.92 Å². The number of aromatic amines is 1. The molecule has 21 heavy (non-hydrogen) atoms. The van der Waals surface area contributed by atoms with Crippen LogP contribution in [0.5, 0.6) is 0 Å². The fourth-order valence-corrected chi connectivity index (χ4v) is 2.55. The Bertz CT molecular complexity index is 631. The Kier molecular flexibility index (Phi) is 3.64. The fraction of sp³-hybridized carbons (Fsp3) is 0.375. The number of amides is 1. The molecule has 2 aromatic rings. The van der Waals surface area contributed by atoms with E-state index in [1.165, 1.54) is 0 Å². The molecule has 5 nitrogen and oxygen atoms in total. The van der Waals surface area contributed by atoms with Crippen molar-refractivity contribution in [3.63, 3.8) is 0 Å². The van der Waals surface area contributed by atoms with E-state index >= 15 is 0 Å². The first kappa shape index (κ1) is 13.7. The molecule has 1 heterocycles. The molecule has 1 amide bonds. The van der Waals surface area contributed by atoms with Gasteiger partial charge in [0.05, 0.1) is 17.4 Å². The first-order chi connectivity index (χ1) is 10.2. The number of rotatable bonds is 5. The van der Waals surface area contributed by atoms with Crippen molar-refractivity contribution >= 4 is 11.6 Å². The summed E-state index contributed by atoms with van der Waals surface area (Å²) in [5.41, 5.74) is 8.85. The van der Waals surface area contributed by atoms with Crippen LogP contribution in [0.2, 0.25) is 0 Å². The Hall–Kier alpha value is -2.30. The van der Waals surface area contributed by atoms with Gasteiger partial charge in [0.1, 0.15) is 0 Å². The zero-order chi connectivity index (χ0) is 14.8. The first-order valence-corrected chi connectivity index (χ1v) is 7.40. The van der Waals surface area contributed by atoms with E-state index in [0.717, 1.165) is 30.5 Å². The van der Waals surface area contributed by atoms with Gasteiger partial charge in [-0.1, -0.05) is 37.3 Å². The van der Waals surface area contributed by atoms with E-state index in [1.54, 1.807) is 0 Å². The molecule has 1 atom stereocenters. The predicted octanol–water partition coefficient (Wildman–Crippen LogP) is 2.75. The SMILES string of the molecule is CCC(NC(=O)c1n[nH]c(C2CC2)c1N)c1ccccc1. The third-order valence-corrected chi connectivity index (χ3v) is 3.95. The fourth-order valence-electron chi connectivity index (χ4n) is 2.55. The second-order valence-electron chi connectivity index (χ2n) is 5.52. The van der Waals surface area contributed by atoms with E-state index in [2.05, 4.69) is 15.5 Å². The lowest BCUT2D eigenvalue weighted by Crippen LogP contribution is -2.29. The van der Waals surface area contributed by atoms with Crippen molar-refractivity contribution in [3.8, 4) is 0 Å². The minimum absolute atomic E-state index is 0.0285. The van der Waals surface area contributed by atoms with Crippen molar-refractivity contribution in [2.75, 3.05) is 5.73 Å². The van der Waals surface area contributed by atoms with Crippen LogP contribution in [0, 0.1) is 0 Å². The van der Waals surface area contributed by atoms with Gasteiger partial charge in [-0.2, -0.15) is 5.10 Å². The maximum absolute atomic E-state index is 12.4. The summed E-state index contributed by atoms with van der Waals surface area (Å²) in [6, 6.07) is 9.90. The summed E-state index contributed by atoms with van der Waals surface area (Å²) in [5.74, 6) is 0.237. The largest absolute Gasteiger partial charge is 0.395 e.